The number of hydrogen-bond donors (Lipinski definition) is 1. The van der Waals surface area contributed by atoms with Crippen LogP contribution in [0.25, 0.3) is 0 Å². The van der Waals surface area contributed by atoms with E-state index in [1.807, 2.05) is 13.8 Å². The van der Waals surface area contributed by atoms with Gasteiger partial charge in [0.15, 0.2) is 0 Å². The van der Waals surface area contributed by atoms with Crippen molar-refractivity contribution < 1.29 is 23.1 Å². The number of hydrogen-bond acceptors (Lipinski definition) is 4. The molecule has 1 aromatic rings. The summed E-state index contributed by atoms with van der Waals surface area (Å²) in [4.78, 5) is 25.1. The lowest BCUT2D eigenvalue weighted by Crippen LogP contribution is -2.51. The zero-order chi connectivity index (χ0) is 18.6. The minimum Gasteiger partial charge on any atom is -0.478 e. The molecule has 1 aliphatic rings. The van der Waals surface area contributed by atoms with E-state index in [0.29, 0.717) is 13.1 Å². The second-order valence-corrected chi connectivity index (χ2v) is 8.01. The predicted octanol–water partition coefficient (Wildman–Crippen LogP) is 1.65. The molecule has 8 heteroatoms. The third-order valence-electron chi connectivity index (χ3n) is 4.62. The monoisotopic (exact) mass is 368 g/mol. The molecule has 2 rings (SSSR count). The highest BCUT2D eigenvalue weighted by atomic mass is 32.2. The van der Waals surface area contributed by atoms with Crippen molar-refractivity contribution in [1.82, 2.24) is 9.21 Å². The first-order valence-corrected chi connectivity index (χ1v) is 9.87. The molecule has 1 aromatic carbocycles. The molecule has 0 atom stereocenters. The van der Waals surface area contributed by atoms with E-state index in [1.165, 1.54) is 28.6 Å². The van der Waals surface area contributed by atoms with E-state index in [1.54, 1.807) is 4.90 Å². The predicted molar refractivity (Wildman–Crippen MR) is 92.8 cm³/mol. The van der Waals surface area contributed by atoms with Gasteiger partial charge in [-0.05, 0) is 37.1 Å². The molecule has 0 aliphatic carbocycles. The Hall–Kier alpha value is -1.93. The highest BCUT2D eigenvalue weighted by Crippen LogP contribution is 2.20. The Kier molecular flexibility index (Phi) is 6.18. The molecule has 0 saturated carbocycles. The van der Waals surface area contributed by atoms with Crippen LogP contribution in [0.4, 0.5) is 0 Å². The number of carbonyl (C=O) groups excluding carboxylic acids is 1. The topological polar surface area (TPSA) is 95.0 Å². The molecule has 0 bridgehead atoms. The van der Waals surface area contributed by atoms with Gasteiger partial charge in [0.2, 0.25) is 15.9 Å². The first-order valence-electron chi connectivity index (χ1n) is 8.43. The number of amides is 1. The summed E-state index contributed by atoms with van der Waals surface area (Å²) in [6.45, 7) is 5.20. The Morgan fingerprint density at radius 3 is 2.00 bits per heavy atom. The number of nitrogens with zero attached hydrogens (tertiary/aromatic N) is 2. The molecule has 0 unspecified atom stereocenters. The van der Waals surface area contributed by atoms with Crippen molar-refractivity contribution in [2.75, 3.05) is 26.2 Å². The molecule has 1 aliphatic heterocycles. The fourth-order valence-electron chi connectivity index (χ4n) is 2.96. The van der Waals surface area contributed by atoms with Crippen LogP contribution in [-0.4, -0.2) is 60.8 Å². The van der Waals surface area contributed by atoms with Crippen molar-refractivity contribution in [3.63, 3.8) is 0 Å². The lowest BCUT2D eigenvalue weighted by atomic mass is 10.0. The number of sulfonamides is 1. The van der Waals surface area contributed by atoms with Gasteiger partial charge in [-0.2, -0.15) is 4.31 Å². The van der Waals surface area contributed by atoms with Gasteiger partial charge in [-0.1, -0.05) is 13.8 Å². The van der Waals surface area contributed by atoms with Crippen molar-refractivity contribution in [3.05, 3.63) is 29.8 Å². The lowest BCUT2D eigenvalue weighted by molar-refractivity contribution is -0.136. The second-order valence-electron chi connectivity index (χ2n) is 6.07. The third-order valence-corrected chi connectivity index (χ3v) is 6.54. The average molecular weight is 368 g/mol. The molecule has 0 spiro atoms. The van der Waals surface area contributed by atoms with Crippen molar-refractivity contribution in [2.24, 2.45) is 5.92 Å². The Morgan fingerprint density at radius 2 is 1.56 bits per heavy atom. The van der Waals surface area contributed by atoms with Crippen LogP contribution in [0.1, 0.15) is 37.0 Å². The average Bonchev–Trinajstić information content (AvgIpc) is 2.62. The van der Waals surface area contributed by atoms with Gasteiger partial charge in [0.1, 0.15) is 0 Å². The molecule has 7 nitrogen and oxygen atoms in total. The maximum atomic E-state index is 12.7. The van der Waals surface area contributed by atoms with Gasteiger partial charge in [0.25, 0.3) is 0 Å². The molecule has 0 radical (unpaired) electrons. The zero-order valence-electron chi connectivity index (χ0n) is 14.5. The van der Waals surface area contributed by atoms with E-state index in [-0.39, 0.29) is 35.4 Å². The van der Waals surface area contributed by atoms with Crippen molar-refractivity contribution in [1.29, 1.82) is 0 Å². The normalized spacial score (nSPS) is 16.2. The molecule has 1 saturated heterocycles. The van der Waals surface area contributed by atoms with E-state index in [4.69, 9.17) is 5.11 Å². The number of rotatable bonds is 6. The standard InChI is InChI=1S/C17H24N2O5S/c1-3-13(4-2)16(20)18-9-11-19(12-10-18)25(23,24)15-7-5-14(6-8-15)17(21)22/h5-8,13H,3-4,9-12H2,1-2H3,(H,21,22). The quantitative estimate of drug-likeness (QED) is 0.824. The van der Waals surface area contributed by atoms with Crippen LogP contribution in [0.2, 0.25) is 0 Å². The smallest absolute Gasteiger partial charge is 0.335 e. The fraction of sp³-hybridized carbons (Fsp3) is 0.529. The van der Waals surface area contributed by atoms with E-state index in [2.05, 4.69) is 0 Å². The van der Waals surface area contributed by atoms with Gasteiger partial charge >= 0.3 is 5.97 Å². The first kappa shape index (κ1) is 19.4. The maximum absolute atomic E-state index is 12.7. The van der Waals surface area contributed by atoms with Crippen molar-refractivity contribution in [2.45, 2.75) is 31.6 Å². The summed E-state index contributed by atoms with van der Waals surface area (Å²) in [6, 6.07) is 5.17. The third kappa shape index (κ3) is 4.19. The van der Waals surface area contributed by atoms with Crippen molar-refractivity contribution in [3.8, 4) is 0 Å². The minimum absolute atomic E-state index is 0.00767. The molecule has 25 heavy (non-hydrogen) atoms. The summed E-state index contributed by atoms with van der Waals surface area (Å²) in [5, 5.41) is 8.90. The van der Waals surface area contributed by atoms with Crippen LogP contribution < -0.4 is 0 Å². The Balaban J connectivity index is 2.06. The number of carboxylic acid groups (broad SMARTS) is 1. The van der Waals surface area contributed by atoms with Crippen LogP contribution in [0.15, 0.2) is 29.2 Å². The molecule has 1 N–H and O–H groups in total. The van der Waals surface area contributed by atoms with E-state index in [9.17, 15) is 18.0 Å². The first-order chi connectivity index (χ1) is 11.8. The van der Waals surface area contributed by atoms with Crippen LogP contribution in [0.3, 0.4) is 0 Å². The van der Waals surface area contributed by atoms with Crippen LogP contribution >= 0.6 is 0 Å². The Morgan fingerprint density at radius 1 is 1.04 bits per heavy atom. The Labute approximate surface area is 148 Å². The highest BCUT2D eigenvalue weighted by Gasteiger charge is 2.31. The van der Waals surface area contributed by atoms with Gasteiger partial charge in [-0.15, -0.1) is 0 Å². The van der Waals surface area contributed by atoms with Crippen LogP contribution in [0.5, 0.6) is 0 Å². The molecule has 0 aromatic heterocycles. The summed E-state index contributed by atoms with van der Waals surface area (Å²) in [5.74, 6) is -1.02. The summed E-state index contributed by atoms with van der Waals surface area (Å²) >= 11 is 0. The van der Waals surface area contributed by atoms with Gasteiger partial charge in [0.05, 0.1) is 10.5 Å². The minimum atomic E-state index is -3.68. The summed E-state index contributed by atoms with van der Waals surface area (Å²) in [5.41, 5.74) is 0.0412. The number of aromatic carboxylic acids is 1. The van der Waals surface area contributed by atoms with Crippen LogP contribution in [-0.2, 0) is 14.8 Å². The fourth-order valence-corrected chi connectivity index (χ4v) is 4.39. The SMILES string of the molecule is CCC(CC)C(=O)N1CCN(S(=O)(=O)c2ccc(C(=O)O)cc2)CC1. The van der Waals surface area contributed by atoms with E-state index >= 15 is 0 Å². The van der Waals surface area contributed by atoms with Gasteiger partial charge < -0.3 is 10.0 Å². The van der Waals surface area contributed by atoms with Gasteiger partial charge in [-0.25, -0.2) is 13.2 Å². The number of carbonyl (C=O) groups is 2. The van der Waals surface area contributed by atoms with Crippen molar-refractivity contribution >= 4 is 21.9 Å². The molecular formula is C17H24N2O5S. The summed E-state index contributed by atoms with van der Waals surface area (Å²) in [7, 11) is -3.68. The lowest BCUT2D eigenvalue weighted by Gasteiger charge is -2.35. The van der Waals surface area contributed by atoms with Gasteiger partial charge in [0, 0.05) is 32.1 Å². The summed E-state index contributed by atoms with van der Waals surface area (Å²) in [6.07, 6.45) is 1.56. The zero-order valence-corrected chi connectivity index (χ0v) is 15.3. The van der Waals surface area contributed by atoms with Crippen LogP contribution in [0, 0.1) is 5.92 Å². The number of carboxylic acids is 1. The molecular weight excluding hydrogens is 344 g/mol. The maximum Gasteiger partial charge on any atom is 0.335 e. The number of piperazine rings is 1. The number of benzene rings is 1. The van der Waals surface area contributed by atoms with E-state index < -0.39 is 16.0 Å². The molecule has 1 fully saturated rings. The molecule has 1 amide bonds. The Bertz CT molecular complexity index is 718. The largest absolute Gasteiger partial charge is 0.478 e. The molecule has 138 valence electrons. The van der Waals surface area contributed by atoms with Gasteiger partial charge in [-0.3, -0.25) is 4.79 Å². The molecule has 1 heterocycles. The van der Waals surface area contributed by atoms with E-state index in [0.717, 1.165) is 12.8 Å². The summed E-state index contributed by atoms with van der Waals surface area (Å²) < 4.78 is 26.7. The second kappa shape index (κ2) is 7.97. The highest BCUT2D eigenvalue weighted by molar-refractivity contribution is 7.89.